The highest BCUT2D eigenvalue weighted by Crippen LogP contribution is 2.24. The van der Waals surface area contributed by atoms with E-state index in [4.69, 9.17) is 16.9 Å². The molecule has 0 atom stereocenters. The second-order valence-corrected chi connectivity index (χ2v) is 6.78. The smallest absolute Gasteiger partial charge is 0.251 e. The number of sulfonamides is 1. The number of phenolic OH excluding ortho intramolecular Hbond substituents is 1. The minimum Gasteiger partial charge on any atom is -0.508 e. The van der Waals surface area contributed by atoms with E-state index in [1.807, 2.05) is 6.07 Å². The van der Waals surface area contributed by atoms with Gasteiger partial charge in [0.1, 0.15) is 11.8 Å². The van der Waals surface area contributed by atoms with Crippen molar-refractivity contribution in [1.29, 1.82) is 5.26 Å². The monoisotopic (exact) mass is 348 g/mol. The number of nitrogens with one attached hydrogen (secondary N) is 1. The number of halogens is 1. The maximum absolute atomic E-state index is 12.2. The number of allylic oxidation sites excluding steroid dienone is 1. The van der Waals surface area contributed by atoms with E-state index >= 15 is 0 Å². The molecule has 0 unspecified atom stereocenters. The lowest BCUT2D eigenvalue weighted by atomic mass is 10.2. The highest BCUT2D eigenvalue weighted by molar-refractivity contribution is 7.93. The molecule has 0 bridgehead atoms. The summed E-state index contributed by atoms with van der Waals surface area (Å²) in [5, 5.41) is 18.6. The van der Waals surface area contributed by atoms with Gasteiger partial charge in [0.2, 0.25) is 0 Å². The molecular weight excluding hydrogens is 336 g/mol. The van der Waals surface area contributed by atoms with Gasteiger partial charge < -0.3 is 5.11 Å². The van der Waals surface area contributed by atoms with Crippen molar-refractivity contribution in [2.24, 2.45) is 0 Å². The minimum atomic E-state index is -3.97. The summed E-state index contributed by atoms with van der Waals surface area (Å²) in [6, 6.07) is 14.7. The van der Waals surface area contributed by atoms with Crippen molar-refractivity contribution in [1.82, 2.24) is 4.72 Å². The Balaban J connectivity index is 2.25. The first-order valence-corrected chi connectivity index (χ1v) is 8.42. The zero-order valence-corrected chi connectivity index (χ0v) is 13.5. The summed E-state index contributed by atoms with van der Waals surface area (Å²) < 4.78 is 26.8. The lowest BCUT2D eigenvalue weighted by Crippen LogP contribution is -2.24. The Bertz CT molecular complexity index is 872. The van der Waals surface area contributed by atoms with Gasteiger partial charge in [0.25, 0.3) is 10.0 Å². The molecule has 7 heteroatoms. The van der Waals surface area contributed by atoms with Crippen LogP contribution < -0.4 is 4.72 Å². The predicted octanol–water partition coefficient (Wildman–Crippen LogP) is 3.03. The fourth-order valence-corrected chi connectivity index (χ4v) is 2.94. The second-order valence-electron chi connectivity index (χ2n) is 4.64. The van der Waals surface area contributed by atoms with E-state index in [-0.39, 0.29) is 17.3 Å². The van der Waals surface area contributed by atoms with E-state index in [1.165, 1.54) is 18.2 Å². The van der Waals surface area contributed by atoms with Crippen molar-refractivity contribution in [3.63, 3.8) is 0 Å². The average Bonchev–Trinajstić information content (AvgIpc) is 2.53. The molecule has 0 saturated heterocycles. The van der Waals surface area contributed by atoms with Crippen LogP contribution in [0.3, 0.4) is 0 Å². The van der Waals surface area contributed by atoms with E-state index in [9.17, 15) is 13.5 Å². The summed E-state index contributed by atoms with van der Waals surface area (Å²) in [7, 11) is -3.97. The van der Waals surface area contributed by atoms with Crippen LogP contribution in [0.5, 0.6) is 5.75 Å². The molecule has 0 fully saturated rings. The molecule has 0 radical (unpaired) electrons. The van der Waals surface area contributed by atoms with Crippen molar-refractivity contribution in [3.8, 4) is 11.8 Å². The van der Waals surface area contributed by atoms with Crippen LogP contribution in [0, 0.1) is 11.3 Å². The number of hydrogen-bond donors (Lipinski definition) is 2. The zero-order chi connectivity index (χ0) is 16.9. The predicted molar refractivity (Wildman–Crippen MR) is 88.9 cm³/mol. The van der Waals surface area contributed by atoms with Crippen LogP contribution in [0.1, 0.15) is 11.1 Å². The van der Waals surface area contributed by atoms with Crippen LogP contribution in [0.4, 0.5) is 0 Å². The Morgan fingerprint density at radius 3 is 2.57 bits per heavy atom. The molecule has 0 spiro atoms. The molecule has 118 valence electrons. The SMILES string of the molecule is N#C/C(=C\c1ccc(O)cc1Cl)S(=O)(=O)NCc1ccccc1. The number of phenols is 1. The molecule has 0 aliphatic heterocycles. The van der Waals surface area contributed by atoms with Gasteiger partial charge in [0.05, 0.1) is 5.02 Å². The van der Waals surface area contributed by atoms with Gasteiger partial charge in [-0.1, -0.05) is 41.9 Å². The zero-order valence-electron chi connectivity index (χ0n) is 11.9. The Morgan fingerprint density at radius 1 is 1.26 bits per heavy atom. The van der Waals surface area contributed by atoms with Gasteiger partial charge in [0.15, 0.2) is 4.91 Å². The molecule has 2 N–H and O–H groups in total. The molecule has 2 aromatic rings. The summed E-state index contributed by atoms with van der Waals surface area (Å²) in [5.74, 6) is -0.0456. The molecule has 0 aliphatic rings. The fraction of sp³-hybridized carbons (Fsp3) is 0.0625. The van der Waals surface area contributed by atoms with Crippen LogP contribution in [0.15, 0.2) is 53.4 Å². The molecule has 0 saturated carbocycles. The molecule has 0 aromatic heterocycles. The Labute approximate surface area is 139 Å². The third-order valence-corrected chi connectivity index (χ3v) is 4.62. The number of hydrogen-bond acceptors (Lipinski definition) is 4. The maximum Gasteiger partial charge on any atom is 0.251 e. The van der Waals surface area contributed by atoms with Gasteiger partial charge in [-0.3, -0.25) is 0 Å². The van der Waals surface area contributed by atoms with Crippen molar-refractivity contribution in [2.45, 2.75) is 6.54 Å². The van der Waals surface area contributed by atoms with Gasteiger partial charge in [-0.25, -0.2) is 13.1 Å². The Morgan fingerprint density at radius 2 is 1.96 bits per heavy atom. The number of rotatable bonds is 5. The molecule has 2 rings (SSSR count). The standard InChI is InChI=1S/C16H13ClN2O3S/c17-16-9-14(20)7-6-13(16)8-15(10-18)23(21,22)19-11-12-4-2-1-3-5-12/h1-9,19-20H,11H2/b15-8+. The van der Waals surface area contributed by atoms with Gasteiger partial charge in [-0.05, 0) is 35.4 Å². The molecular formula is C16H13ClN2O3S. The van der Waals surface area contributed by atoms with Gasteiger partial charge >= 0.3 is 0 Å². The summed E-state index contributed by atoms with van der Waals surface area (Å²) in [4.78, 5) is -0.457. The molecule has 5 nitrogen and oxygen atoms in total. The number of nitrogens with zero attached hydrogens (tertiary/aromatic N) is 1. The third-order valence-electron chi connectivity index (χ3n) is 2.98. The van der Waals surface area contributed by atoms with Crippen molar-refractivity contribution >= 4 is 27.7 Å². The first-order valence-electron chi connectivity index (χ1n) is 6.56. The van der Waals surface area contributed by atoms with Crippen LogP contribution >= 0.6 is 11.6 Å². The topological polar surface area (TPSA) is 90.2 Å². The van der Waals surface area contributed by atoms with E-state index in [1.54, 1.807) is 30.3 Å². The quantitative estimate of drug-likeness (QED) is 0.812. The van der Waals surface area contributed by atoms with Crippen LogP contribution in [0.2, 0.25) is 5.02 Å². The van der Waals surface area contributed by atoms with E-state index in [0.717, 1.165) is 11.6 Å². The molecule has 0 aliphatic carbocycles. The normalized spacial score (nSPS) is 11.9. The number of benzene rings is 2. The summed E-state index contributed by atoms with van der Waals surface area (Å²) in [6.07, 6.45) is 1.16. The van der Waals surface area contributed by atoms with Crippen LogP contribution in [0.25, 0.3) is 6.08 Å². The fourth-order valence-electron chi connectivity index (χ4n) is 1.80. The Kier molecular flexibility index (Phi) is 5.40. The van der Waals surface area contributed by atoms with Crippen molar-refractivity contribution in [3.05, 3.63) is 69.6 Å². The van der Waals surface area contributed by atoms with Crippen molar-refractivity contribution in [2.75, 3.05) is 0 Å². The third kappa shape index (κ3) is 4.57. The van der Waals surface area contributed by atoms with Gasteiger partial charge in [-0.15, -0.1) is 0 Å². The summed E-state index contributed by atoms with van der Waals surface area (Å²) >= 11 is 5.92. The highest BCUT2D eigenvalue weighted by atomic mass is 35.5. The van der Waals surface area contributed by atoms with Gasteiger partial charge in [0, 0.05) is 6.54 Å². The molecule has 0 heterocycles. The van der Waals surface area contributed by atoms with Crippen LogP contribution in [-0.4, -0.2) is 13.5 Å². The lowest BCUT2D eigenvalue weighted by molar-refractivity contribution is 0.475. The highest BCUT2D eigenvalue weighted by Gasteiger charge is 2.17. The number of aromatic hydroxyl groups is 1. The van der Waals surface area contributed by atoms with E-state index < -0.39 is 14.9 Å². The molecule has 2 aromatic carbocycles. The first-order chi connectivity index (χ1) is 10.9. The summed E-state index contributed by atoms with van der Waals surface area (Å²) in [6.45, 7) is 0.0749. The second kappa shape index (κ2) is 7.29. The largest absolute Gasteiger partial charge is 0.508 e. The van der Waals surface area contributed by atoms with Crippen molar-refractivity contribution < 1.29 is 13.5 Å². The van der Waals surface area contributed by atoms with Crippen LogP contribution in [-0.2, 0) is 16.6 Å². The average molecular weight is 349 g/mol. The van der Waals surface area contributed by atoms with Gasteiger partial charge in [-0.2, -0.15) is 5.26 Å². The number of nitriles is 1. The maximum atomic E-state index is 12.2. The molecule has 0 amide bonds. The minimum absolute atomic E-state index is 0.0456. The van der Waals surface area contributed by atoms with E-state index in [0.29, 0.717) is 5.56 Å². The Hall–Kier alpha value is -2.33. The lowest BCUT2D eigenvalue weighted by Gasteiger charge is -2.06. The van der Waals surface area contributed by atoms with E-state index in [2.05, 4.69) is 4.72 Å². The first kappa shape index (κ1) is 17.0. The molecule has 23 heavy (non-hydrogen) atoms. The summed E-state index contributed by atoms with van der Waals surface area (Å²) in [5.41, 5.74) is 1.10.